The Hall–Kier alpha value is -1.64. The lowest BCUT2D eigenvalue weighted by molar-refractivity contribution is -0.151. The summed E-state index contributed by atoms with van der Waals surface area (Å²) in [6.45, 7) is 0. The third-order valence-corrected chi connectivity index (χ3v) is 5.34. The van der Waals surface area contributed by atoms with Gasteiger partial charge in [-0.25, -0.2) is 4.79 Å². The van der Waals surface area contributed by atoms with Crippen LogP contribution in [0.25, 0.3) is 0 Å². The number of carbonyl (C=O) groups excluding carboxylic acids is 2. The summed E-state index contributed by atoms with van der Waals surface area (Å²) >= 11 is 0. The molecule has 20 heavy (non-hydrogen) atoms. The minimum Gasteiger partial charge on any atom is -0.458 e. The zero-order chi connectivity index (χ0) is 13.7. The molecule has 0 heterocycles. The van der Waals surface area contributed by atoms with E-state index in [2.05, 4.69) is 0 Å². The second kappa shape index (κ2) is 4.44. The van der Waals surface area contributed by atoms with E-state index in [0.29, 0.717) is 23.2 Å². The molecule has 4 saturated carbocycles. The smallest absolute Gasteiger partial charge is 0.338 e. The third-order valence-electron chi connectivity index (χ3n) is 5.34. The second-order valence-electron chi connectivity index (χ2n) is 6.50. The molecule has 0 amide bonds. The monoisotopic (exact) mass is 270 g/mol. The van der Waals surface area contributed by atoms with Gasteiger partial charge in [-0.1, -0.05) is 18.2 Å². The van der Waals surface area contributed by atoms with E-state index in [-0.39, 0.29) is 23.9 Å². The van der Waals surface area contributed by atoms with Crippen LogP contribution >= 0.6 is 0 Å². The summed E-state index contributed by atoms with van der Waals surface area (Å²) in [6.07, 6.45) is 3.75. The SMILES string of the molecule is O=C(OC1C2CC3CC1CC(C2)C3=O)c1ccccc1. The van der Waals surface area contributed by atoms with Crippen molar-refractivity contribution in [1.82, 2.24) is 0 Å². The molecule has 0 saturated heterocycles. The minimum absolute atomic E-state index is 0.0308. The van der Waals surface area contributed by atoms with Crippen LogP contribution in [0.2, 0.25) is 0 Å². The van der Waals surface area contributed by atoms with E-state index >= 15 is 0 Å². The molecular formula is C17H18O3. The van der Waals surface area contributed by atoms with Gasteiger partial charge < -0.3 is 4.74 Å². The van der Waals surface area contributed by atoms with Gasteiger partial charge in [-0.3, -0.25) is 4.79 Å². The first-order valence-electron chi connectivity index (χ1n) is 7.52. The van der Waals surface area contributed by atoms with E-state index in [9.17, 15) is 9.59 Å². The molecule has 5 rings (SSSR count). The van der Waals surface area contributed by atoms with Crippen molar-refractivity contribution in [3.63, 3.8) is 0 Å². The molecule has 4 aliphatic carbocycles. The summed E-state index contributed by atoms with van der Waals surface area (Å²) in [5.74, 6) is 1.58. The predicted molar refractivity (Wildman–Crippen MR) is 73.1 cm³/mol. The maximum atomic E-state index is 12.2. The molecule has 0 atom stereocenters. The van der Waals surface area contributed by atoms with Gasteiger partial charge >= 0.3 is 5.97 Å². The summed E-state index contributed by atoms with van der Waals surface area (Å²) in [4.78, 5) is 24.2. The molecule has 0 aromatic heterocycles. The van der Waals surface area contributed by atoms with E-state index in [0.717, 1.165) is 25.7 Å². The number of benzene rings is 1. The van der Waals surface area contributed by atoms with Gasteiger partial charge in [0, 0.05) is 11.8 Å². The fourth-order valence-electron chi connectivity index (χ4n) is 4.52. The largest absolute Gasteiger partial charge is 0.458 e. The Kier molecular flexibility index (Phi) is 2.69. The zero-order valence-corrected chi connectivity index (χ0v) is 11.3. The predicted octanol–water partition coefficient (Wildman–Crippen LogP) is 2.85. The van der Waals surface area contributed by atoms with Gasteiger partial charge in [-0.05, 0) is 49.7 Å². The van der Waals surface area contributed by atoms with Crippen molar-refractivity contribution in [2.45, 2.75) is 31.8 Å². The van der Waals surface area contributed by atoms with Gasteiger partial charge in [0.15, 0.2) is 0 Å². The van der Waals surface area contributed by atoms with Crippen LogP contribution in [0.1, 0.15) is 36.0 Å². The number of hydrogen-bond donors (Lipinski definition) is 0. The molecule has 0 aliphatic heterocycles. The zero-order valence-electron chi connectivity index (χ0n) is 11.3. The Morgan fingerprint density at radius 2 is 1.50 bits per heavy atom. The van der Waals surface area contributed by atoms with E-state index in [1.165, 1.54) is 0 Å². The van der Waals surface area contributed by atoms with Crippen molar-refractivity contribution in [2.24, 2.45) is 23.7 Å². The number of esters is 1. The van der Waals surface area contributed by atoms with Crippen molar-refractivity contribution >= 4 is 11.8 Å². The van der Waals surface area contributed by atoms with Crippen LogP contribution in [0.15, 0.2) is 30.3 Å². The first kappa shape index (κ1) is 12.1. The lowest BCUT2D eigenvalue weighted by atomic mass is 9.54. The van der Waals surface area contributed by atoms with Crippen molar-refractivity contribution in [2.75, 3.05) is 0 Å². The van der Waals surface area contributed by atoms with Gasteiger partial charge in [0.2, 0.25) is 0 Å². The molecule has 0 spiro atoms. The number of ketones is 1. The summed E-state index contributed by atoms with van der Waals surface area (Å²) in [7, 11) is 0. The molecule has 0 unspecified atom stereocenters. The van der Waals surface area contributed by atoms with Gasteiger partial charge in [-0.2, -0.15) is 0 Å². The van der Waals surface area contributed by atoms with Gasteiger partial charge in [0.1, 0.15) is 11.9 Å². The Balaban J connectivity index is 1.51. The van der Waals surface area contributed by atoms with E-state index in [4.69, 9.17) is 4.74 Å². The standard InChI is InChI=1S/C17H18O3/c18-15-11-6-13-8-12(15)9-14(7-11)16(13)20-17(19)10-4-2-1-3-5-10/h1-5,11-14,16H,6-9H2. The molecule has 1 aromatic carbocycles. The molecule has 0 N–H and O–H groups in total. The highest BCUT2D eigenvalue weighted by Gasteiger charge is 2.54. The third kappa shape index (κ3) is 1.80. The van der Waals surface area contributed by atoms with E-state index in [1.807, 2.05) is 18.2 Å². The lowest BCUT2D eigenvalue weighted by Crippen LogP contribution is -2.54. The maximum absolute atomic E-state index is 12.2. The van der Waals surface area contributed by atoms with Crippen LogP contribution in [-0.2, 0) is 9.53 Å². The number of ether oxygens (including phenoxy) is 1. The number of rotatable bonds is 2. The molecule has 4 aliphatic rings. The normalized spacial score (nSPS) is 38.0. The summed E-state index contributed by atoms with van der Waals surface area (Å²) in [5.41, 5.74) is 0.623. The number of Topliss-reactive ketones (excluding diaryl/α,β-unsaturated/α-hetero) is 1. The van der Waals surface area contributed by atoms with Crippen molar-refractivity contribution in [3.8, 4) is 0 Å². The topological polar surface area (TPSA) is 43.4 Å². The fraction of sp³-hybridized carbons (Fsp3) is 0.529. The van der Waals surface area contributed by atoms with Crippen LogP contribution in [-0.4, -0.2) is 17.9 Å². The maximum Gasteiger partial charge on any atom is 0.338 e. The minimum atomic E-state index is -0.214. The van der Waals surface area contributed by atoms with Crippen LogP contribution in [0, 0.1) is 23.7 Å². The van der Waals surface area contributed by atoms with E-state index in [1.54, 1.807) is 12.1 Å². The molecule has 3 heteroatoms. The van der Waals surface area contributed by atoms with Gasteiger partial charge in [0.05, 0.1) is 5.56 Å². The van der Waals surface area contributed by atoms with E-state index < -0.39 is 0 Å². The van der Waals surface area contributed by atoms with Crippen molar-refractivity contribution in [1.29, 1.82) is 0 Å². The Morgan fingerprint density at radius 3 is 2.05 bits per heavy atom. The summed E-state index contributed by atoms with van der Waals surface area (Å²) in [5, 5.41) is 0. The van der Waals surface area contributed by atoms with Crippen molar-refractivity contribution < 1.29 is 14.3 Å². The van der Waals surface area contributed by atoms with Crippen LogP contribution in [0.4, 0.5) is 0 Å². The van der Waals surface area contributed by atoms with Gasteiger partial charge in [-0.15, -0.1) is 0 Å². The summed E-state index contributed by atoms with van der Waals surface area (Å²) in [6, 6.07) is 9.19. The average Bonchev–Trinajstić information content (AvgIpc) is 2.46. The highest BCUT2D eigenvalue weighted by Crippen LogP contribution is 2.53. The number of hydrogen-bond acceptors (Lipinski definition) is 3. The molecule has 0 radical (unpaired) electrons. The molecule has 3 nitrogen and oxygen atoms in total. The fourth-order valence-corrected chi connectivity index (χ4v) is 4.52. The Morgan fingerprint density at radius 1 is 0.950 bits per heavy atom. The van der Waals surface area contributed by atoms with Crippen molar-refractivity contribution in [3.05, 3.63) is 35.9 Å². The van der Waals surface area contributed by atoms with Crippen LogP contribution in [0.3, 0.4) is 0 Å². The second-order valence-corrected chi connectivity index (χ2v) is 6.50. The highest BCUT2D eigenvalue weighted by molar-refractivity contribution is 5.89. The van der Waals surface area contributed by atoms with Gasteiger partial charge in [0.25, 0.3) is 0 Å². The Bertz CT molecular complexity index is 517. The molecule has 1 aromatic rings. The molecule has 4 bridgehead atoms. The Labute approximate surface area is 118 Å². The first-order valence-corrected chi connectivity index (χ1v) is 7.52. The molecule has 104 valence electrons. The lowest BCUT2D eigenvalue weighted by Gasteiger charge is -2.52. The molecule has 4 fully saturated rings. The average molecular weight is 270 g/mol. The summed E-state index contributed by atoms with van der Waals surface area (Å²) < 4.78 is 5.80. The van der Waals surface area contributed by atoms with Crippen LogP contribution < -0.4 is 0 Å². The first-order chi connectivity index (χ1) is 9.72. The quantitative estimate of drug-likeness (QED) is 0.776. The van der Waals surface area contributed by atoms with Crippen LogP contribution in [0.5, 0.6) is 0 Å². The highest BCUT2D eigenvalue weighted by atomic mass is 16.5. The molecular weight excluding hydrogens is 252 g/mol. The number of carbonyl (C=O) groups is 2.